The van der Waals surface area contributed by atoms with Crippen molar-refractivity contribution < 1.29 is 14.3 Å². The highest BCUT2D eigenvalue weighted by Crippen LogP contribution is 2.37. The fraction of sp³-hybridized carbons (Fsp3) is 0.588. The summed E-state index contributed by atoms with van der Waals surface area (Å²) in [6.07, 6.45) is 1.98. The zero-order valence-electron chi connectivity index (χ0n) is 14.0. The number of halogens is 1. The van der Waals surface area contributed by atoms with Crippen LogP contribution in [0.2, 0.25) is 5.02 Å². The highest BCUT2D eigenvalue weighted by atomic mass is 35.5. The average Bonchev–Trinajstić information content (AvgIpc) is 2.55. The molecule has 1 unspecified atom stereocenters. The third-order valence-electron chi connectivity index (χ3n) is 3.88. The lowest BCUT2D eigenvalue weighted by atomic mass is 10.1. The lowest BCUT2D eigenvalue weighted by Crippen LogP contribution is -2.51. The summed E-state index contributed by atoms with van der Waals surface area (Å²) in [5.74, 6) is 0.978. The van der Waals surface area contributed by atoms with E-state index >= 15 is 0 Å². The van der Waals surface area contributed by atoms with Crippen LogP contribution in [-0.2, 0) is 0 Å². The molecule has 0 spiro atoms. The molecule has 1 aliphatic heterocycles. The lowest BCUT2D eigenvalue weighted by Gasteiger charge is -2.32. The van der Waals surface area contributed by atoms with Crippen molar-refractivity contribution in [2.45, 2.75) is 32.7 Å². The van der Waals surface area contributed by atoms with E-state index in [1.165, 1.54) is 0 Å². The second-order valence-electron chi connectivity index (χ2n) is 5.80. The summed E-state index contributed by atoms with van der Waals surface area (Å²) in [7, 11) is 1.56. The first-order chi connectivity index (χ1) is 11.1. The van der Waals surface area contributed by atoms with Gasteiger partial charge >= 0.3 is 0 Å². The number of unbranched alkanes of at least 4 members (excludes halogenated alkanes) is 1. The third-order valence-corrected chi connectivity index (χ3v) is 4.16. The van der Waals surface area contributed by atoms with Crippen LogP contribution in [0.15, 0.2) is 12.1 Å². The SMILES string of the molecule is CCCCOc1c(Cl)cc(C(=O)N2CCNC(C)C2)cc1OC. The molecule has 1 aromatic carbocycles. The molecule has 1 atom stereocenters. The minimum atomic E-state index is -0.0290. The summed E-state index contributed by atoms with van der Waals surface area (Å²) in [4.78, 5) is 14.5. The Bertz CT molecular complexity index is 551. The molecule has 2 rings (SSSR count). The fourth-order valence-corrected chi connectivity index (χ4v) is 2.87. The van der Waals surface area contributed by atoms with Gasteiger partial charge in [0.1, 0.15) is 0 Å². The van der Waals surface area contributed by atoms with Crippen LogP contribution in [0, 0.1) is 0 Å². The number of hydrogen-bond acceptors (Lipinski definition) is 4. The monoisotopic (exact) mass is 340 g/mol. The van der Waals surface area contributed by atoms with Crippen molar-refractivity contribution in [3.05, 3.63) is 22.7 Å². The summed E-state index contributed by atoms with van der Waals surface area (Å²) < 4.78 is 11.1. The predicted octanol–water partition coefficient (Wildman–Crippen LogP) is 2.96. The number of nitrogens with zero attached hydrogens (tertiary/aromatic N) is 1. The fourth-order valence-electron chi connectivity index (χ4n) is 2.60. The van der Waals surface area contributed by atoms with E-state index in [1.54, 1.807) is 19.2 Å². The Hall–Kier alpha value is -1.46. The molecule has 1 aliphatic rings. The van der Waals surface area contributed by atoms with Crippen molar-refractivity contribution in [1.82, 2.24) is 10.2 Å². The normalized spacial score (nSPS) is 17.9. The molecular formula is C17H25ClN2O3. The topological polar surface area (TPSA) is 50.8 Å². The van der Waals surface area contributed by atoms with E-state index in [1.807, 2.05) is 4.90 Å². The maximum atomic E-state index is 12.7. The Morgan fingerprint density at radius 2 is 2.26 bits per heavy atom. The molecule has 0 saturated carbocycles. The van der Waals surface area contributed by atoms with Crippen molar-refractivity contribution >= 4 is 17.5 Å². The standard InChI is InChI=1S/C17H25ClN2O3/c1-4-5-8-23-16-14(18)9-13(10-15(16)22-3)17(21)20-7-6-19-12(2)11-20/h9-10,12,19H,4-8,11H2,1-3H3. The molecule has 1 heterocycles. The van der Waals surface area contributed by atoms with Crippen LogP contribution in [0.25, 0.3) is 0 Å². The van der Waals surface area contributed by atoms with Crippen LogP contribution < -0.4 is 14.8 Å². The number of hydrogen-bond donors (Lipinski definition) is 1. The smallest absolute Gasteiger partial charge is 0.254 e. The van der Waals surface area contributed by atoms with Gasteiger partial charge in [-0.05, 0) is 25.5 Å². The van der Waals surface area contributed by atoms with Gasteiger partial charge in [-0.2, -0.15) is 0 Å². The molecule has 1 fully saturated rings. The van der Waals surface area contributed by atoms with Crippen molar-refractivity contribution in [2.24, 2.45) is 0 Å². The predicted molar refractivity (Wildman–Crippen MR) is 91.8 cm³/mol. The first-order valence-electron chi connectivity index (χ1n) is 8.09. The Kier molecular flexibility index (Phi) is 6.54. The summed E-state index contributed by atoms with van der Waals surface area (Å²) in [6.45, 7) is 6.92. The Balaban J connectivity index is 2.19. The van der Waals surface area contributed by atoms with E-state index in [4.69, 9.17) is 21.1 Å². The van der Waals surface area contributed by atoms with Crippen molar-refractivity contribution in [3.8, 4) is 11.5 Å². The molecule has 1 aromatic rings. The number of piperazine rings is 1. The van der Waals surface area contributed by atoms with Gasteiger partial charge < -0.3 is 19.7 Å². The Morgan fingerprint density at radius 3 is 2.91 bits per heavy atom. The number of amides is 1. The van der Waals surface area contributed by atoms with Crippen LogP contribution >= 0.6 is 11.6 Å². The Labute approximate surface area is 142 Å². The molecule has 1 amide bonds. The van der Waals surface area contributed by atoms with Crippen LogP contribution in [-0.4, -0.2) is 50.2 Å². The summed E-state index contributed by atoms with van der Waals surface area (Å²) in [5.41, 5.74) is 0.531. The van der Waals surface area contributed by atoms with E-state index < -0.39 is 0 Å². The van der Waals surface area contributed by atoms with E-state index in [9.17, 15) is 4.79 Å². The van der Waals surface area contributed by atoms with E-state index in [0.29, 0.717) is 47.8 Å². The van der Waals surface area contributed by atoms with Crippen molar-refractivity contribution in [1.29, 1.82) is 0 Å². The average molecular weight is 341 g/mol. The highest BCUT2D eigenvalue weighted by Gasteiger charge is 2.24. The van der Waals surface area contributed by atoms with Gasteiger partial charge in [-0.25, -0.2) is 0 Å². The molecule has 1 N–H and O–H groups in total. The molecule has 6 heteroatoms. The number of rotatable bonds is 6. The number of carbonyl (C=O) groups is 1. The molecule has 0 bridgehead atoms. The van der Waals surface area contributed by atoms with Gasteiger partial charge in [0.05, 0.1) is 18.7 Å². The second-order valence-corrected chi connectivity index (χ2v) is 6.21. The summed E-state index contributed by atoms with van der Waals surface area (Å²) in [6, 6.07) is 3.67. The van der Waals surface area contributed by atoms with Crippen LogP contribution in [0.5, 0.6) is 11.5 Å². The van der Waals surface area contributed by atoms with Gasteiger partial charge in [-0.15, -0.1) is 0 Å². The zero-order chi connectivity index (χ0) is 16.8. The van der Waals surface area contributed by atoms with Crippen LogP contribution in [0.4, 0.5) is 0 Å². The maximum absolute atomic E-state index is 12.7. The third kappa shape index (κ3) is 4.52. The van der Waals surface area contributed by atoms with Gasteiger partial charge in [-0.3, -0.25) is 4.79 Å². The molecule has 0 aromatic heterocycles. The molecule has 128 valence electrons. The summed E-state index contributed by atoms with van der Waals surface area (Å²) >= 11 is 6.32. The second kappa shape index (κ2) is 8.41. The number of benzene rings is 1. The van der Waals surface area contributed by atoms with Gasteiger partial charge in [-0.1, -0.05) is 24.9 Å². The van der Waals surface area contributed by atoms with Crippen molar-refractivity contribution in [3.63, 3.8) is 0 Å². The first kappa shape index (κ1) is 17.9. The first-order valence-corrected chi connectivity index (χ1v) is 8.47. The van der Waals surface area contributed by atoms with Crippen molar-refractivity contribution in [2.75, 3.05) is 33.4 Å². The number of methoxy groups -OCH3 is 1. The van der Waals surface area contributed by atoms with E-state index in [2.05, 4.69) is 19.2 Å². The number of ether oxygens (including phenoxy) is 2. The van der Waals surface area contributed by atoms with Gasteiger partial charge in [0.25, 0.3) is 5.91 Å². The van der Waals surface area contributed by atoms with E-state index in [0.717, 1.165) is 19.4 Å². The van der Waals surface area contributed by atoms with Crippen LogP contribution in [0.3, 0.4) is 0 Å². The van der Waals surface area contributed by atoms with Crippen LogP contribution in [0.1, 0.15) is 37.0 Å². The quantitative estimate of drug-likeness (QED) is 0.809. The Morgan fingerprint density at radius 1 is 1.48 bits per heavy atom. The molecule has 1 saturated heterocycles. The summed E-state index contributed by atoms with van der Waals surface area (Å²) in [5, 5.41) is 3.73. The number of nitrogens with one attached hydrogen (secondary N) is 1. The molecule has 23 heavy (non-hydrogen) atoms. The highest BCUT2D eigenvalue weighted by molar-refractivity contribution is 6.32. The maximum Gasteiger partial charge on any atom is 0.254 e. The molecule has 0 aliphatic carbocycles. The van der Waals surface area contributed by atoms with Gasteiger partial charge in [0.2, 0.25) is 0 Å². The minimum absolute atomic E-state index is 0.0290. The lowest BCUT2D eigenvalue weighted by molar-refractivity contribution is 0.0708. The molecular weight excluding hydrogens is 316 g/mol. The van der Waals surface area contributed by atoms with Gasteiger partial charge in [0, 0.05) is 31.2 Å². The largest absolute Gasteiger partial charge is 0.493 e. The molecule has 0 radical (unpaired) electrons. The number of carbonyl (C=O) groups excluding carboxylic acids is 1. The molecule has 5 nitrogen and oxygen atoms in total. The minimum Gasteiger partial charge on any atom is -0.493 e. The van der Waals surface area contributed by atoms with E-state index in [-0.39, 0.29) is 5.91 Å². The van der Waals surface area contributed by atoms with Gasteiger partial charge in [0.15, 0.2) is 11.5 Å². The zero-order valence-corrected chi connectivity index (χ0v) is 14.8.